The van der Waals surface area contributed by atoms with Crippen LogP contribution in [0.4, 0.5) is 0 Å². The Balaban J connectivity index is 2.13. The molecule has 0 spiro atoms. The van der Waals surface area contributed by atoms with Crippen molar-refractivity contribution in [1.82, 2.24) is 5.32 Å². The Morgan fingerprint density at radius 1 is 1.56 bits per heavy atom. The van der Waals surface area contributed by atoms with Gasteiger partial charge in [0.2, 0.25) is 0 Å². The zero-order valence-corrected chi connectivity index (χ0v) is 10.4. The Kier molecular flexibility index (Phi) is 3.46. The minimum Gasteiger partial charge on any atom is -0.497 e. The van der Waals surface area contributed by atoms with E-state index in [0.29, 0.717) is 24.5 Å². The molecule has 1 aliphatic rings. The lowest BCUT2D eigenvalue weighted by Gasteiger charge is -2.27. The van der Waals surface area contributed by atoms with E-state index in [4.69, 9.17) is 9.47 Å². The topological polar surface area (TPSA) is 47.6 Å². The molecular weight excluding hydrogens is 274 g/mol. The zero-order valence-electron chi connectivity index (χ0n) is 8.83. The summed E-state index contributed by atoms with van der Waals surface area (Å²) in [5, 5.41) is 2.88. The zero-order chi connectivity index (χ0) is 11.5. The molecule has 0 unspecified atom stereocenters. The van der Waals surface area contributed by atoms with Crippen molar-refractivity contribution in [3.63, 3.8) is 0 Å². The van der Waals surface area contributed by atoms with Crippen LogP contribution >= 0.6 is 15.9 Å². The summed E-state index contributed by atoms with van der Waals surface area (Å²) in [4.78, 5) is 11.9. The van der Waals surface area contributed by atoms with E-state index < -0.39 is 0 Å². The van der Waals surface area contributed by atoms with Gasteiger partial charge in [0.1, 0.15) is 5.75 Å². The third kappa shape index (κ3) is 2.36. The lowest BCUT2D eigenvalue weighted by atomic mass is 10.1. The largest absolute Gasteiger partial charge is 0.497 e. The molecule has 16 heavy (non-hydrogen) atoms. The summed E-state index contributed by atoms with van der Waals surface area (Å²) in [6.07, 6.45) is 0. The first-order valence-corrected chi connectivity index (χ1v) is 5.72. The number of ether oxygens (including phenoxy) is 2. The summed E-state index contributed by atoms with van der Waals surface area (Å²) in [6.45, 7) is 1.18. The molecule has 0 atom stereocenters. The van der Waals surface area contributed by atoms with Gasteiger partial charge in [0.15, 0.2) is 0 Å². The summed E-state index contributed by atoms with van der Waals surface area (Å²) in [6, 6.07) is 5.43. The molecule has 0 bridgehead atoms. The fourth-order valence-corrected chi connectivity index (χ4v) is 1.81. The van der Waals surface area contributed by atoms with Crippen molar-refractivity contribution in [2.24, 2.45) is 0 Å². The smallest absolute Gasteiger partial charge is 0.252 e. The van der Waals surface area contributed by atoms with E-state index in [2.05, 4.69) is 21.2 Å². The molecule has 1 amide bonds. The highest BCUT2D eigenvalue weighted by atomic mass is 79.9. The van der Waals surface area contributed by atoms with E-state index in [1.165, 1.54) is 0 Å². The molecule has 1 saturated heterocycles. The lowest BCUT2D eigenvalue weighted by molar-refractivity contribution is -0.00348. The van der Waals surface area contributed by atoms with Crippen molar-refractivity contribution in [2.75, 3.05) is 20.3 Å². The molecule has 0 saturated carbocycles. The SMILES string of the molecule is COc1ccc(Br)c(C(=O)NC2COC2)c1. The molecule has 4 nitrogen and oxygen atoms in total. The van der Waals surface area contributed by atoms with Crippen LogP contribution in [0.5, 0.6) is 5.75 Å². The summed E-state index contributed by atoms with van der Waals surface area (Å²) in [5.41, 5.74) is 0.575. The number of halogens is 1. The first-order chi connectivity index (χ1) is 7.70. The van der Waals surface area contributed by atoms with Crippen LogP contribution < -0.4 is 10.1 Å². The van der Waals surface area contributed by atoms with Crippen molar-refractivity contribution in [1.29, 1.82) is 0 Å². The van der Waals surface area contributed by atoms with Crippen LogP contribution in [0.1, 0.15) is 10.4 Å². The van der Waals surface area contributed by atoms with Gasteiger partial charge in [0.25, 0.3) is 5.91 Å². The second kappa shape index (κ2) is 4.84. The van der Waals surface area contributed by atoms with Gasteiger partial charge in [-0.3, -0.25) is 4.79 Å². The number of rotatable bonds is 3. The van der Waals surface area contributed by atoms with Crippen LogP contribution in [0.15, 0.2) is 22.7 Å². The molecule has 1 fully saturated rings. The molecule has 2 rings (SSSR count). The number of benzene rings is 1. The van der Waals surface area contributed by atoms with Gasteiger partial charge in [-0.05, 0) is 34.1 Å². The number of hydrogen-bond donors (Lipinski definition) is 1. The summed E-state index contributed by atoms with van der Waals surface area (Å²) in [5.74, 6) is 0.553. The van der Waals surface area contributed by atoms with E-state index in [1.54, 1.807) is 25.3 Å². The number of amides is 1. The first-order valence-electron chi connectivity index (χ1n) is 4.93. The predicted molar refractivity (Wildman–Crippen MR) is 62.8 cm³/mol. The number of nitrogens with one attached hydrogen (secondary N) is 1. The first kappa shape index (κ1) is 11.4. The van der Waals surface area contributed by atoms with Crippen LogP contribution in [0, 0.1) is 0 Å². The van der Waals surface area contributed by atoms with E-state index >= 15 is 0 Å². The van der Waals surface area contributed by atoms with E-state index in [-0.39, 0.29) is 11.9 Å². The van der Waals surface area contributed by atoms with E-state index in [1.807, 2.05) is 0 Å². The molecule has 5 heteroatoms. The molecule has 1 heterocycles. The molecule has 1 aromatic rings. The Morgan fingerprint density at radius 3 is 2.88 bits per heavy atom. The predicted octanol–water partition coefficient (Wildman–Crippen LogP) is 1.59. The Labute approximate surface area is 102 Å². The monoisotopic (exact) mass is 285 g/mol. The van der Waals surface area contributed by atoms with Gasteiger partial charge in [0.05, 0.1) is 31.9 Å². The van der Waals surface area contributed by atoms with Crippen molar-refractivity contribution in [3.8, 4) is 5.75 Å². The molecule has 0 aliphatic carbocycles. The Bertz CT molecular complexity index is 404. The van der Waals surface area contributed by atoms with Crippen molar-refractivity contribution in [3.05, 3.63) is 28.2 Å². The fraction of sp³-hybridized carbons (Fsp3) is 0.364. The molecule has 1 aliphatic heterocycles. The maximum atomic E-state index is 11.9. The average molecular weight is 286 g/mol. The van der Waals surface area contributed by atoms with Gasteiger partial charge in [-0.2, -0.15) is 0 Å². The minimum atomic E-state index is -0.112. The van der Waals surface area contributed by atoms with Gasteiger partial charge in [-0.15, -0.1) is 0 Å². The van der Waals surface area contributed by atoms with E-state index in [0.717, 1.165) is 4.47 Å². The van der Waals surface area contributed by atoms with E-state index in [9.17, 15) is 4.79 Å². The quantitative estimate of drug-likeness (QED) is 0.918. The number of methoxy groups -OCH3 is 1. The summed E-state index contributed by atoms with van der Waals surface area (Å²) >= 11 is 3.34. The van der Waals surface area contributed by atoms with Gasteiger partial charge in [0, 0.05) is 4.47 Å². The number of carbonyl (C=O) groups excluding carboxylic acids is 1. The van der Waals surface area contributed by atoms with Gasteiger partial charge in [-0.1, -0.05) is 0 Å². The third-order valence-corrected chi connectivity index (χ3v) is 3.08. The van der Waals surface area contributed by atoms with Crippen LogP contribution in [-0.4, -0.2) is 32.3 Å². The molecule has 0 aromatic heterocycles. The van der Waals surface area contributed by atoms with Crippen LogP contribution in [0.3, 0.4) is 0 Å². The highest BCUT2D eigenvalue weighted by Crippen LogP contribution is 2.22. The highest BCUT2D eigenvalue weighted by Gasteiger charge is 2.22. The molecule has 86 valence electrons. The second-order valence-corrected chi connectivity index (χ2v) is 4.41. The lowest BCUT2D eigenvalue weighted by Crippen LogP contribution is -2.48. The molecular formula is C11H12BrNO3. The van der Waals surface area contributed by atoms with Crippen LogP contribution in [0.25, 0.3) is 0 Å². The van der Waals surface area contributed by atoms with Gasteiger partial charge >= 0.3 is 0 Å². The maximum absolute atomic E-state index is 11.9. The highest BCUT2D eigenvalue weighted by molar-refractivity contribution is 9.10. The van der Waals surface area contributed by atoms with Crippen molar-refractivity contribution >= 4 is 21.8 Å². The summed E-state index contributed by atoms with van der Waals surface area (Å²) in [7, 11) is 1.57. The van der Waals surface area contributed by atoms with Crippen LogP contribution in [0.2, 0.25) is 0 Å². The Hall–Kier alpha value is -1.07. The fourth-order valence-electron chi connectivity index (χ4n) is 1.39. The van der Waals surface area contributed by atoms with Gasteiger partial charge < -0.3 is 14.8 Å². The van der Waals surface area contributed by atoms with Crippen LogP contribution in [-0.2, 0) is 4.74 Å². The Morgan fingerprint density at radius 2 is 2.31 bits per heavy atom. The standard InChI is InChI=1S/C11H12BrNO3/c1-15-8-2-3-10(12)9(4-8)11(14)13-7-5-16-6-7/h2-4,7H,5-6H2,1H3,(H,13,14). The second-order valence-electron chi connectivity index (χ2n) is 3.55. The summed E-state index contributed by atoms with van der Waals surface area (Å²) < 4.78 is 10.8. The number of hydrogen-bond acceptors (Lipinski definition) is 3. The van der Waals surface area contributed by atoms with Crippen molar-refractivity contribution < 1.29 is 14.3 Å². The third-order valence-electron chi connectivity index (χ3n) is 2.39. The van der Waals surface area contributed by atoms with Crippen molar-refractivity contribution in [2.45, 2.75) is 6.04 Å². The maximum Gasteiger partial charge on any atom is 0.252 e. The molecule has 1 aromatic carbocycles. The van der Waals surface area contributed by atoms with Gasteiger partial charge in [-0.25, -0.2) is 0 Å². The molecule has 1 N–H and O–H groups in total. The normalized spacial score (nSPS) is 15.4. The minimum absolute atomic E-state index is 0.112. The molecule has 0 radical (unpaired) electrons. The number of carbonyl (C=O) groups is 1. The average Bonchev–Trinajstić information content (AvgIpc) is 2.24.